The van der Waals surface area contributed by atoms with Crippen LogP contribution in [0.1, 0.15) is 252 Å². The van der Waals surface area contributed by atoms with Crippen molar-refractivity contribution in [1.29, 1.82) is 0 Å². The van der Waals surface area contributed by atoms with E-state index in [1.54, 1.807) is 0 Å². The third-order valence-electron chi connectivity index (χ3n) is 12.1. The van der Waals surface area contributed by atoms with Gasteiger partial charge in [0.1, 0.15) is 13.2 Å². The van der Waals surface area contributed by atoms with Crippen molar-refractivity contribution < 1.29 is 28.6 Å². The summed E-state index contributed by atoms with van der Waals surface area (Å²) in [5.74, 6) is -0.953. The number of hydrogen-bond acceptors (Lipinski definition) is 6. The number of carbonyl (C=O) groups is 3. The molecule has 0 N–H and O–H groups in total. The Balaban J connectivity index is 4.51. The van der Waals surface area contributed by atoms with Crippen LogP contribution in [0, 0.1) is 0 Å². The smallest absolute Gasteiger partial charge is 0.306 e. The van der Waals surface area contributed by atoms with Crippen LogP contribution in [0.3, 0.4) is 0 Å². The van der Waals surface area contributed by atoms with Crippen LogP contribution in [0.4, 0.5) is 0 Å². The molecule has 0 aromatic heterocycles. The number of esters is 3. The summed E-state index contributed by atoms with van der Waals surface area (Å²) in [4.78, 5) is 38.2. The molecular weight excluding hydrogens is 877 g/mol. The van der Waals surface area contributed by atoms with Gasteiger partial charge in [0, 0.05) is 19.3 Å². The molecule has 0 aromatic carbocycles. The summed E-state index contributed by atoms with van der Waals surface area (Å²) in [6.07, 6.45) is 80.3. The first-order valence-electron chi connectivity index (χ1n) is 29.2. The van der Waals surface area contributed by atoms with Crippen molar-refractivity contribution in [2.75, 3.05) is 13.2 Å². The maximum Gasteiger partial charge on any atom is 0.306 e. The van der Waals surface area contributed by atoms with Crippen molar-refractivity contribution in [3.05, 3.63) is 122 Å². The topological polar surface area (TPSA) is 78.9 Å². The minimum atomic E-state index is -0.805. The molecule has 71 heavy (non-hydrogen) atoms. The molecule has 0 aliphatic carbocycles. The van der Waals surface area contributed by atoms with E-state index in [4.69, 9.17) is 14.2 Å². The monoisotopic (exact) mass is 983 g/mol. The number of carbonyl (C=O) groups excluding carboxylic acids is 3. The first-order valence-corrected chi connectivity index (χ1v) is 29.2. The van der Waals surface area contributed by atoms with Gasteiger partial charge in [0.25, 0.3) is 0 Å². The van der Waals surface area contributed by atoms with E-state index < -0.39 is 6.10 Å². The van der Waals surface area contributed by atoms with Crippen LogP contribution in [0.5, 0.6) is 0 Å². The molecular formula is C65H106O6. The summed E-state index contributed by atoms with van der Waals surface area (Å²) in [5, 5.41) is 0. The van der Waals surface area contributed by atoms with E-state index >= 15 is 0 Å². The van der Waals surface area contributed by atoms with Crippen molar-refractivity contribution in [3.63, 3.8) is 0 Å². The minimum Gasteiger partial charge on any atom is -0.462 e. The summed E-state index contributed by atoms with van der Waals surface area (Å²) in [6.45, 7) is 6.41. The van der Waals surface area contributed by atoms with Crippen molar-refractivity contribution in [3.8, 4) is 0 Å². The van der Waals surface area contributed by atoms with Crippen LogP contribution in [-0.4, -0.2) is 37.2 Å². The Kier molecular flexibility index (Phi) is 54.9. The Bertz CT molecular complexity index is 1500. The molecule has 402 valence electrons. The SMILES string of the molecule is CC\C=C/C=C\C=C/C=C\C=C\C=C/C=C\CCCCCC(=O)OCC(COC(=O)CCCCCCCCC/C=C\CCCCCC)OC(=O)CCCCCCCCCCCC/C=C\C=C/CCCCC. The average Bonchev–Trinajstić information content (AvgIpc) is 3.37. The van der Waals surface area contributed by atoms with Gasteiger partial charge in [-0.1, -0.05) is 264 Å². The zero-order chi connectivity index (χ0) is 51.4. The van der Waals surface area contributed by atoms with E-state index in [1.807, 2.05) is 72.9 Å². The number of ether oxygens (including phenoxy) is 3. The third kappa shape index (κ3) is 56.6. The van der Waals surface area contributed by atoms with Crippen molar-refractivity contribution in [2.45, 2.75) is 258 Å². The standard InChI is InChI=1S/C65H106O6/c1-4-7-10-13-16-19-22-25-28-30-32-34-37-40-43-46-49-52-55-58-64(67)70-61-62(60-69-63(66)57-54-51-48-45-42-39-36-27-24-21-18-15-12-9-6-3)71-65(68)59-56-53-50-47-44-41-38-35-33-31-29-26-23-20-17-14-11-8-5-2/h7,10,13,16-17,19-26,28,30,32,34,37,40,43,62H,4-6,8-9,11-12,14-15,18,27,29,31,33,35-36,38-39,41-42,44-61H2,1-3H3/b10-7-,16-13-,20-17-,22-19-,24-21-,26-23-,28-25-,32-30+,37-34-,43-40-. The molecule has 6 nitrogen and oxygen atoms in total. The molecule has 0 aliphatic heterocycles. The van der Waals surface area contributed by atoms with Gasteiger partial charge in [-0.3, -0.25) is 14.4 Å². The maximum atomic E-state index is 12.9. The van der Waals surface area contributed by atoms with Gasteiger partial charge >= 0.3 is 17.9 Å². The second-order valence-electron chi connectivity index (χ2n) is 19.0. The van der Waals surface area contributed by atoms with E-state index in [1.165, 1.54) is 141 Å². The van der Waals surface area contributed by atoms with E-state index in [-0.39, 0.29) is 31.1 Å². The Morgan fingerprint density at radius 2 is 0.563 bits per heavy atom. The number of unbranched alkanes of at least 4 members (excludes halogenated alkanes) is 27. The largest absolute Gasteiger partial charge is 0.462 e. The predicted molar refractivity (Wildman–Crippen MR) is 306 cm³/mol. The van der Waals surface area contributed by atoms with Gasteiger partial charge in [0.2, 0.25) is 0 Å². The summed E-state index contributed by atoms with van der Waals surface area (Å²) in [6, 6.07) is 0. The zero-order valence-electron chi connectivity index (χ0n) is 45.9. The molecule has 0 amide bonds. The first-order chi connectivity index (χ1) is 35.0. The zero-order valence-corrected chi connectivity index (χ0v) is 45.9. The highest BCUT2D eigenvalue weighted by atomic mass is 16.6. The van der Waals surface area contributed by atoms with Crippen molar-refractivity contribution >= 4 is 17.9 Å². The Morgan fingerprint density at radius 1 is 0.296 bits per heavy atom. The Labute approximate surface area is 437 Å². The van der Waals surface area contributed by atoms with E-state index in [0.717, 1.165) is 70.6 Å². The lowest BCUT2D eigenvalue weighted by atomic mass is 10.1. The molecule has 0 aromatic rings. The molecule has 0 heterocycles. The fourth-order valence-electron chi connectivity index (χ4n) is 7.76. The van der Waals surface area contributed by atoms with Crippen molar-refractivity contribution in [1.82, 2.24) is 0 Å². The molecule has 0 spiro atoms. The minimum absolute atomic E-state index is 0.0991. The van der Waals surface area contributed by atoms with Gasteiger partial charge in [-0.2, -0.15) is 0 Å². The summed E-state index contributed by atoms with van der Waals surface area (Å²) in [7, 11) is 0. The molecule has 0 saturated carbocycles. The van der Waals surface area contributed by atoms with Crippen LogP contribution in [-0.2, 0) is 28.6 Å². The fourth-order valence-corrected chi connectivity index (χ4v) is 7.76. The highest BCUT2D eigenvalue weighted by molar-refractivity contribution is 5.71. The number of allylic oxidation sites excluding steroid dienone is 20. The average molecular weight is 984 g/mol. The first kappa shape index (κ1) is 66.8. The lowest BCUT2D eigenvalue weighted by Gasteiger charge is -2.18. The highest BCUT2D eigenvalue weighted by Crippen LogP contribution is 2.15. The normalized spacial score (nSPS) is 13.0. The Hall–Kier alpha value is -4.19. The van der Waals surface area contributed by atoms with E-state index in [9.17, 15) is 14.4 Å². The van der Waals surface area contributed by atoms with E-state index in [2.05, 4.69) is 69.4 Å². The van der Waals surface area contributed by atoms with Crippen LogP contribution in [0.15, 0.2) is 122 Å². The molecule has 0 rings (SSSR count). The summed E-state index contributed by atoms with van der Waals surface area (Å²) >= 11 is 0. The lowest BCUT2D eigenvalue weighted by Crippen LogP contribution is -2.30. The van der Waals surface area contributed by atoms with Crippen molar-refractivity contribution in [2.24, 2.45) is 0 Å². The third-order valence-corrected chi connectivity index (χ3v) is 12.1. The molecule has 1 atom stereocenters. The molecule has 0 aliphatic rings. The van der Waals surface area contributed by atoms with Gasteiger partial charge in [-0.25, -0.2) is 0 Å². The maximum absolute atomic E-state index is 12.9. The van der Waals surface area contributed by atoms with Gasteiger partial charge in [-0.05, 0) is 89.9 Å². The summed E-state index contributed by atoms with van der Waals surface area (Å²) in [5.41, 5.74) is 0. The van der Waals surface area contributed by atoms with E-state index in [0.29, 0.717) is 19.3 Å². The Morgan fingerprint density at radius 3 is 0.958 bits per heavy atom. The molecule has 0 fully saturated rings. The molecule has 6 heteroatoms. The van der Waals surface area contributed by atoms with Gasteiger partial charge in [-0.15, -0.1) is 0 Å². The highest BCUT2D eigenvalue weighted by Gasteiger charge is 2.19. The molecule has 0 saturated heterocycles. The quantitative estimate of drug-likeness (QED) is 0.0199. The van der Waals surface area contributed by atoms with Gasteiger partial charge < -0.3 is 14.2 Å². The lowest BCUT2D eigenvalue weighted by molar-refractivity contribution is -0.167. The molecule has 1 unspecified atom stereocenters. The van der Waals surface area contributed by atoms with Crippen LogP contribution >= 0.6 is 0 Å². The second kappa shape index (κ2) is 58.4. The number of hydrogen-bond donors (Lipinski definition) is 0. The van der Waals surface area contributed by atoms with Gasteiger partial charge in [0.05, 0.1) is 0 Å². The van der Waals surface area contributed by atoms with Crippen LogP contribution in [0.25, 0.3) is 0 Å². The van der Waals surface area contributed by atoms with Crippen LogP contribution in [0.2, 0.25) is 0 Å². The van der Waals surface area contributed by atoms with Gasteiger partial charge in [0.15, 0.2) is 6.10 Å². The molecule has 0 radical (unpaired) electrons. The second-order valence-corrected chi connectivity index (χ2v) is 19.0. The molecule has 0 bridgehead atoms. The summed E-state index contributed by atoms with van der Waals surface area (Å²) < 4.78 is 16.8. The predicted octanol–water partition coefficient (Wildman–Crippen LogP) is 19.6. The fraction of sp³-hybridized carbons (Fsp3) is 0.646. The number of rotatable bonds is 51. The van der Waals surface area contributed by atoms with Crippen LogP contribution < -0.4 is 0 Å².